The second-order valence-corrected chi connectivity index (χ2v) is 20.4. The molecule has 1 aliphatic carbocycles. The smallest absolute Gasteiger partial charge is 0.418 e. The molecular weight excluding hydrogens is 621 g/mol. The molecule has 1 fully saturated rings. The number of aromatic nitrogens is 2. The van der Waals surface area contributed by atoms with Crippen LogP contribution in [0.5, 0.6) is 0 Å². The van der Waals surface area contributed by atoms with Crippen molar-refractivity contribution in [3.8, 4) is 6.07 Å². The number of rotatable bonds is 9. The first kappa shape index (κ1) is 34.2. The summed E-state index contributed by atoms with van der Waals surface area (Å²) >= 11 is 0.932. The van der Waals surface area contributed by atoms with E-state index in [1.54, 1.807) is 27.7 Å². The fraction of sp³-hybridized carbons (Fsp3) is 0.484. The largest absolute Gasteiger partial charge is 0.480 e. The van der Waals surface area contributed by atoms with Gasteiger partial charge in [-0.25, -0.2) is 28.4 Å². The summed E-state index contributed by atoms with van der Waals surface area (Å²) in [7, 11) is -1.45. The highest BCUT2D eigenvalue weighted by Gasteiger charge is 2.72. The van der Waals surface area contributed by atoms with E-state index in [9.17, 15) is 14.7 Å². The van der Waals surface area contributed by atoms with Gasteiger partial charge in [-0.15, -0.1) is 0 Å². The Morgan fingerprint density at radius 2 is 1.98 bits per heavy atom. The van der Waals surface area contributed by atoms with E-state index in [0.29, 0.717) is 6.61 Å². The molecule has 4 rings (SSSR count). The van der Waals surface area contributed by atoms with Crippen molar-refractivity contribution in [2.24, 2.45) is 10.9 Å². The molecule has 1 saturated carbocycles. The van der Waals surface area contributed by atoms with Crippen LogP contribution in [0.15, 0.2) is 35.6 Å². The summed E-state index contributed by atoms with van der Waals surface area (Å²) in [6.07, 6.45) is 2.80. The zero-order chi connectivity index (χ0) is 33.4. The van der Waals surface area contributed by atoms with Gasteiger partial charge in [0.25, 0.3) is 0 Å². The summed E-state index contributed by atoms with van der Waals surface area (Å²) < 4.78 is 40.9. The molecule has 0 spiro atoms. The number of nitriles is 1. The first-order valence-electron chi connectivity index (χ1n) is 14.4. The number of thioether (sulfide) groups is 1. The summed E-state index contributed by atoms with van der Waals surface area (Å²) in [5, 5.41) is 19.3. The van der Waals surface area contributed by atoms with Gasteiger partial charge in [-0.1, -0.05) is 37.5 Å². The standard InChI is InChI=1S/C31H37F2N5O5SSi/c1-29(2,3)43-28(41)38(18-42-10-11-45(5,6)7)27-37-30(4,25-14-31(25,44-27)26(39)40)21-12-19(8-9-22(21)32)13-23(33)24-17-35-20(15-34)16-36-24/h8-9,12-13,16-17,25H,10-11,14,18H2,1-7H3,(H,39,40)/b23-13-/t25-,30+,31-/m0/s1. The summed E-state index contributed by atoms with van der Waals surface area (Å²) in [6.45, 7) is 13.5. The summed E-state index contributed by atoms with van der Waals surface area (Å²) in [4.78, 5) is 39.8. The maximum Gasteiger partial charge on any atom is 0.418 e. The van der Waals surface area contributed by atoms with Crippen LogP contribution in [-0.4, -0.2) is 69.0 Å². The zero-order valence-electron chi connectivity index (χ0n) is 26.4. The minimum absolute atomic E-state index is 0.0283. The van der Waals surface area contributed by atoms with Gasteiger partial charge in [0.1, 0.15) is 34.7 Å². The van der Waals surface area contributed by atoms with Crippen molar-refractivity contribution in [2.45, 2.75) is 75.7 Å². The third-order valence-electron chi connectivity index (χ3n) is 7.45. The van der Waals surface area contributed by atoms with Gasteiger partial charge in [0.15, 0.2) is 16.7 Å². The number of nitrogens with zero attached hydrogens (tertiary/aromatic N) is 5. The molecule has 2 heterocycles. The number of aliphatic imine (C=N–C) groups is 1. The molecule has 1 aromatic heterocycles. The number of carbonyl (C=O) groups is 2. The molecule has 1 N–H and O–H groups in total. The molecule has 0 saturated heterocycles. The van der Waals surface area contributed by atoms with Gasteiger partial charge >= 0.3 is 12.1 Å². The molecule has 1 aromatic carbocycles. The lowest BCUT2D eigenvalue weighted by molar-refractivity contribution is -0.137. The van der Waals surface area contributed by atoms with E-state index in [2.05, 4.69) is 29.6 Å². The highest BCUT2D eigenvalue weighted by molar-refractivity contribution is 8.15. The van der Waals surface area contributed by atoms with Crippen molar-refractivity contribution >= 4 is 49.0 Å². The highest BCUT2D eigenvalue weighted by atomic mass is 32.2. The Labute approximate surface area is 266 Å². The second kappa shape index (κ2) is 12.6. The van der Waals surface area contributed by atoms with E-state index in [1.807, 2.05) is 6.07 Å². The Bertz CT molecular complexity index is 1580. The molecule has 10 nitrogen and oxygen atoms in total. The van der Waals surface area contributed by atoms with Crippen molar-refractivity contribution < 1.29 is 33.0 Å². The van der Waals surface area contributed by atoms with Crippen LogP contribution in [0.25, 0.3) is 11.9 Å². The number of carboxylic acids is 1. The van der Waals surface area contributed by atoms with Crippen molar-refractivity contribution in [3.63, 3.8) is 0 Å². The van der Waals surface area contributed by atoms with Gasteiger partial charge in [0.05, 0.1) is 17.9 Å². The van der Waals surface area contributed by atoms with Crippen LogP contribution in [0.2, 0.25) is 25.7 Å². The molecule has 240 valence electrons. The number of hydrogen-bond acceptors (Lipinski definition) is 9. The van der Waals surface area contributed by atoms with Crippen LogP contribution in [0, 0.1) is 23.1 Å². The second-order valence-electron chi connectivity index (χ2n) is 13.5. The quantitative estimate of drug-likeness (QED) is 0.178. The van der Waals surface area contributed by atoms with Crippen molar-refractivity contribution in [1.29, 1.82) is 5.26 Å². The Kier molecular flexibility index (Phi) is 9.59. The maximum absolute atomic E-state index is 15.6. The summed E-state index contributed by atoms with van der Waals surface area (Å²) in [6, 6.07) is 6.60. The monoisotopic (exact) mass is 657 g/mol. The van der Waals surface area contributed by atoms with Gasteiger partial charge in [-0.05, 0) is 63.9 Å². The van der Waals surface area contributed by atoms with Crippen LogP contribution < -0.4 is 0 Å². The molecule has 0 unspecified atom stereocenters. The number of hydrogen-bond donors (Lipinski definition) is 1. The normalized spacial score (nSPS) is 23.0. The number of carboxylic acid groups (broad SMARTS) is 1. The van der Waals surface area contributed by atoms with E-state index < -0.39 is 53.6 Å². The van der Waals surface area contributed by atoms with E-state index in [0.717, 1.165) is 42.3 Å². The van der Waals surface area contributed by atoms with Gasteiger partial charge in [-0.3, -0.25) is 9.79 Å². The number of amidine groups is 1. The lowest BCUT2D eigenvalue weighted by Crippen LogP contribution is -2.47. The van der Waals surface area contributed by atoms with Crippen LogP contribution in [0.3, 0.4) is 0 Å². The molecule has 2 aromatic rings. The van der Waals surface area contributed by atoms with Crippen LogP contribution >= 0.6 is 11.8 Å². The zero-order valence-corrected chi connectivity index (χ0v) is 28.2. The Balaban J connectivity index is 1.76. The van der Waals surface area contributed by atoms with E-state index in [1.165, 1.54) is 17.0 Å². The first-order chi connectivity index (χ1) is 20.9. The van der Waals surface area contributed by atoms with E-state index in [-0.39, 0.29) is 40.8 Å². The average molecular weight is 658 g/mol. The fourth-order valence-electron chi connectivity index (χ4n) is 4.90. The fourth-order valence-corrected chi connectivity index (χ4v) is 7.17. The summed E-state index contributed by atoms with van der Waals surface area (Å²) in [5.41, 5.74) is -2.07. The number of amides is 1. The van der Waals surface area contributed by atoms with Gasteiger partial charge < -0.3 is 14.6 Å². The molecule has 1 amide bonds. The number of aliphatic carboxylic acids is 1. The van der Waals surface area contributed by atoms with E-state index >= 15 is 8.78 Å². The van der Waals surface area contributed by atoms with Gasteiger partial charge in [0, 0.05) is 26.2 Å². The van der Waals surface area contributed by atoms with Crippen LogP contribution in [-0.2, 0) is 19.8 Å². The number of fused-ring (bicyclic) bond motifs is 1. The number of benzene rings is 1. The van der Waals surface area contributed by atoms with E-state index in [4.69, 9.17) is 19.7 Å². The SMILES string of the molecule is CC(C)(C)OC(=O)N(COCC[Si](C)(C)C)C1=N[C@](C)(c2cc(/C=C(\F)c3cnc(C#N)cn3)ccc2F)[C@@H]2C[C@]2(C(=O)O)S1. The Morgan fingerprint density at radius 1 is 1.27 bits per heavy atom. The van der Waals surface area contributed by atoms with Crippen molar-refractivity contribution in [1.82, 2.24) is 14.9 Å². The molecule has 0 bridgehead atoms. The summed E-state index contributed by atoms with van der Waals surface area (Å²) in [5.74, 6) is -3.16. The first-order valence-corrected chi connectivity index (χ1v) is 18.9. The Morgan fingerprint density at radius 3 is 2.56 bits per heavy atom. The minimum Gasteiger partial charge on any atom is -0.480 e. The topological polar surface area (TPSA) is 138 Å². The molecule has 2 aliphatic rings. The number of ether oxygens (including phenoxy) is 2. The third kappa shape index (κ3) is 7.77. The number of halogens is 2. The van der Waals surface area contributed by atoms with Crippen molar-refractivity contribution in [3.05, 3.63) is 58.9 Å². The maximum atomic E-state index is 15.6. The van der Waals surface area contributed by atoms with Gasteiger partial charge in [-0.2, -0.15) is 5.26 Å². The van der Waals surface area contributed by atoms with Crippen LogP contribution in [0.4, 0.5) is 13.6 Å². The molecule has 3 atom stereocenters. The molecule has 45 heavy (non-hydrogen) atoms. The molecular formula is C31H37F2N5O5SSi. The number of carbonyl (C=O) groups excluding carboxylic acids is 1. The highest BCUT2D eigenvalue weighted by Crippen LogP contribution is 2.66. The van der Waals surface area contributed by atoms with Crippen LogP contribution in [0.1, 0.15) is 56.6 Å². The predicted octanol–water partition coefficient (Wildman–Crippen LogP) is 6.67. The molecule has 0 radical (unpaired) electrons. The lowest BCUT2D eigenvalue weighted by Gasteiger charge is -2.37. The third-order valence-corrected chi connectivity index (χ3v) is 10.6. The minimum atomic E-state index is -1.45. The Hall–Kier alpha value is -3.67. The molecule has 1 aliphatic heterocycles. The molecule has 14 heteroatoms. The van der Waals surface area contributed by atoms with Crippen molar-refractivity contribution in [2.75, 3.05) is 13.3 Å². The van der Waals surface area contributed by atoms with Gasteiger partial charge in [0.2, 0.25) is 0 Å². The predicted molar refractivity (Wildman–Crippen MR) is 170 cm³/mol. The lowest BCUT2D eigenvalue weighted by atomic mass is 9.84. The average Bonchev–Trinajstić information content (AvgIpc) is 3.70.